The van der Waals surface area contributed by atoms with E-state index >= 15 is 0 Å². The van der Waals surface area contributed by atoms with E-state index in [-0.39, 0.29) is 17.7 Å². The minimum Gasteiger partial charge on any atom is -0.475 e. The molecule has 3 nitrogen and oxygen atoms in total. The lowest BCUT2D eigenvalue weighted by atomic mass is 10.2. The molecule has 1 heterocycles. The average Bonchev–Trinajstić information content (AvgIpc) is 2.15. The van der Waals surface area contributed by atoms with E-state index in [0.717, 1.165) is 18.0 Å². The molecule has 0 radical (unpaired) electrons. The minimum absolute atomic E-state index is 0.0288. The number of ether oxygens (including phenoxy) is 1. The summed E-state index contributed by atoms with van der Waals surface area (Å²) in [6.45, 7) is 3.44. The molecule has 0 aliphatic rings. The van der Waals surface area contributed by atoms with E-state index in [2.05, 4.69) is 4.98 Å². The number of hydrogen-bond donors (Lipinski definition) is 1. The number of rotatable bonds is 4. The van der Waals surface area contributed by atoms with Gasteiger partial charge in [-0.1, -0.05) is 11.9 Å². The highest BCUT2D eigenvalue weighted by atomic mass is 32.2. The molecule has 0 amide bonds. The molecule has 7 heteroatoms. The second-order valence-electron chi connectivity index (χ2n) is 3.67. The minimum atomic E-state index is -4.48. The largest absolute Gasteiger partial charge is 0.475 e. The van der Waals surface area contributed by atoms with Crippen LogP contribution in [0.15, 0.2) is 12.1 Å². The van der Waals surface area contributed by atoms with Crippen LogP contribution < -0.4 is 9.88 Å². The summed E-state index contributed by atoms with van der Waals surface area (Å²) in [6, 6.07) is 2.45. The van der Waals surface area contributed by atoms with Gasteiger partial charge >= 0.3 is 6.18 Å². The van der Waals surface area contributed by atoms with Crippen molar-refractivity contribution in [1.82, 2.24) is 4.98 Å². The van der Waals surface area contributed by atoms with Gasteiger partial charge in [0, 0.05) is 11.8 Å². The Morgan fingerprint density at radius 1 is 1.41 bits per heavy atom. The Kier molecular flexibility index (Phi) is 4.64. The summed E-state index contributed by atoms with van der Waals surface area (Å²) in [7, 11) is 0. The smallest absolute Gasteiger partial charge is 0.433 e. The summed E-state index contributed by atoms with van der Waals surface area (Å²) in [5.41, 5.74) is -0.518. The van der Waals surface area contributed by atoms with Gasteiger partial charge in [-0.05, 0) is 25.5 Å². The van der Waals surface area contributed by atoms with Crippen LogP contribution in [-0.2, 0) is 11.9 Å². The van der Waals surface area contributed by atoms with Gasteiger partial charge < -0.3 is 4.74 Å². The van der Waals surface area contributed by atoms with Crippen molar-refractivity contribution in [3.05, 3.63) is 23.4 Å². The Morgan fingerprint density at radius 3 is 2.53 bits per heavy atom. The molecule has 0 aliphatic carbocycles. The van der Waals surface area contributed by atoms with Crippen molar-refractivity contribution in [3.63, 3.8) is 0 Å². The van der Waals surface area contributed by atoms with Crippen LogP contribution in [0.1, 0.15) is 25.1 Å². The van der Waals surface area contributed by atoms with E-state index < -0.39 is 11.9 Å². The zero-order chi connectivity index (χ0) is 13.1. The van der Waals surface area contributed by atoms with Crippen LogP contribution in [0.25, 0.3) is 0 Å². The van der Waals surface area contributed by atoms with Crippen molar-refractivity contribution >= 4 is 11.9 Å². The Labute approximate surface area is 102 Å². The van der Waals surface area contributed by atoms with Crippen molar-refractivity contribution in [3.8, 4) is 5.88 Å². The fourth-order valence-corrected chi connectivity index (χ4v) is 1.54. The average molecular weight is 266 g/mol. The summed E-state index contributed by atoms with van der Waals surface area (Å²) in [5, 5.41) is 5.25. The predicted molar refractivity (Wildman–Crippen MR) is 60.5 cm³/mol. The molecule has 1 aromatic heterocycles. The molecule has 1 rings (SSSR count). The van der Waals surface area contributed by atoms with E-state index in [1.54, 1.807) is 13.8 Å². The third kappa shape index (κ3) is 4.43. The molecule has 17 heavy (non-hydrogen) atoms. The lowest BCUT2D eigenvalue weighted by Crippen LogP contribution is -2.13. The number of hydrogen-bond acceptors (Lipinski definition) is 4. The highest BCUT2D eigenvalue weighted by molar-refractivity contribution is 7.96. The van der Waals surface area contributed by atoms with Crippen molar-refractivity contribution in [2.24, 2.45) is 5.14 Å². The number of nitrogens with two attached hydrogens (primary N) is 1. The Bertz CT molecular complexity index is 382. The first-order chi connectivity index (χ1) is 7.82. The summed E-state index contributed by atoms with van der Waals surface area (Å²) >= 11 is 0.951. The number of aromatic nitrogens is 1. The van der Waals surface area contributed by atoms with Crippen LogP contribution in [0.3, 0.4) is 0 Å². The molecule has 2 N–H and O–H groups in total. The molecular formula is C10H13F3N2OS. The first kappa shape index (κ1) is 14.1. The van der Waals surface area contributed by atoms with E-state index in [0.29, 0.717) is 5.56 Å². The van der Waals surface area contributed by atoms with Gasteiger partial charge in [-0.3, -0.25) is 5.14 Å². The van der Waals surface area contributed by atoms with Crippen LogP contribution in [0.4, 0.5) is 13.2 Å². The lowest BCUT2D eigenvalue weighted by molar-refractivity contribution is -0.141. The molecule has 0 bridgehead atoms. The van der Waals surface area contributed by atoms with Gasteiger partial charge in [0.05, 0.1) is 6.10 Å². The van der Waals surface area contributed by atoms with Gasteiger partial charge in [-0.15, -0.1) is 0 Å². The van der Waals surface area contributed by atoms with Crippen LogP contribution in [0.5, 0.6) is 5.88 Å². The molecule has 0 atom stereocenters. The number of nitrogens with zero attached hydrogens (tertiary/aromatic N) is 1. The quantitative estimate of drug-likeness (QED) is 0.851. The Hall–Kier alpha value is -0.950. The molecule has 0 saturated heterocycles. The second kappa shape index (κ2) is 5.59. The zero-order valence-corrected chi connectivity index (χ0v) is 10.2. The van der Waals surface area contributed by atoms with Crippen LogP contribution in [0.2, 0.25) is 0 Å². The van der Waals surface area contributed by atoms with Crippen LogP contribution in [0, 0.1) is 0 Å². The summed E-state index contributed by atoms with van der Waals surface area (Å²) in [5.74, 6) is 0.249. The van der Waals surface area contributed by atoms with Crippen molar-refractivity contribution < 1.29 is 17.9 Å². The second-order valence-corrected chi connectivity index (χ2v) is 4.30. The predicted octanol–water partition coefficient (Wildman–Crippen LogP) is 2.99. The van der Waals surface area contributed by atoms with Crippen molar-refractivity contribution in [1.29, 1.82) is 0 Å². The van der Waals surface area contributed by atoms with Crippen LogP contribution in [-0.4, -0.2) is 11.1 Å². The monoisotopic (exact) mass is 266 g/mol. The van der Waals surface area contributed by atoms with Gasteiger partial charge in [0.15, 0.2) is 0 Å². The molecule has 0 aromatic carbocycles. The van der Waals surface area contributed by atoms with Crippen LogP contribution >= 0.6 is 11.9 Å². The third-order valence-electron chi connectivity index (χ3n) is 1.76. The summed E-state index contributed by atoms with van der Waals surface area (Å²) < 4.78 is 42.9. The Balaban J connectivity index is 3.09. The topological polar surface area (TPSA) is 48.1 Å². The molecular weight excluding hydrogens is 253 g/mol. The molecule has 96 valence electrons. The summed E-state index contributed by atoms with van der Waals surface area (Å²) in [4.78, 5) is 3.43. The highest BCUT2D eigenvalue weighted by Gasteiger charge is 2.33. The van der Waals surface area contributed by atoms with Gasteiger partial charge in [-0.25, -0.2) is 4.98 Å². The zero-order valence-electron chi connectivity index (χ0n) is 9.41. The molecule has 0 saturated carbocycles. The third-order valence-corrected chi connectivity index (χ3v) is 2.26. The fourth-order valence-electron chi connectivity index (χ4n) is 1.19. The number of halogens is 3. The van der Waals surface area contributed by atoms with Crippen molar-refractivity contribution in [2.45, 2.75) is 31.9 Å². The first-order valence-corrected chi connectivity index (χ1v) is 5.94. The van der Waals surface area contributed by atoms with E-state index in [4.69, 9.17) is 9.88 Å². The van der Waals surface area contributed by atoms with Crippen molar-refractivity contribution in [2.75, 3.05) is 0 Å². The van der Waals surface area contributed by atoms with Gasteiger partial charge in [0.1, 0.15) is 5.69 Å². The standard InChI is InChI=1S/C10H13F3N2OS/c1-6(2)16-9-4-7(5-17-14)3-8(15-9)10(11,12)13/h3-4,6H,5,14H2,1-2H3. The van der Waals surface area contributed by atoms with Gasteiger partial charge in [0.2, 0.25) is 5.88 Å². The number of pyridine rings is 1. The lowest BCUT2D eigenvalue weighted by Gasteiger charge is -2.13. The van der Waals surface area contributed by atoms with E-state index in [1.165, 1.54) is 6.07 Å². The normalized spacial score (nSPS) is 11.9. The SMILES string of the molecule is CC(C)Oc1cc(CSN)cc(C(F)(F)F)n1. The molecule has 1 aromatic rings. The fraction of sp³-hybridized carbons (Fsp3) is 0.500. The first-order valence-electron chi connectivity index (χ1n) is 4.89. The molecule has 0 fully saturated rings. The van der Waals surface area contributed by atoms with E-state index in [9.17, 15) is 13.2 Å². The van der Waals surface area contributed by atoms with Gasteiger partial charge in [0.25, 0.3) is 0 Å². The molecule has 0 aliphatic heterocycles. The molecule has 0 unspecified atom stereocenters. The molecule has 0 spiro atoms. The maximum Gasteiger partial charge on any atom is 0.433 e. The Morgan fingerprint density at radius 2 is 2.06 bits per heavy atom. The maximum atomic E-state index is 12.6. The number of alkyl halides is 3. The maximum absolute atomic E-state index is 12.6. The summed E-state index contributed by atoms with van der Waals surface area (Å²) in [6.07, 6.45) is -4.71. The highest BCUT2D eigenvalue weighted by Crippen LogP contribution is 2.30. The van der Waals surface area contributed by atoms with E-state index in [1.807, 2.05) is 0 Å². The van der Waals surface area contributed by atoms with Gasteiger partial charge in [-0.2, -0.15) is 13.2 Å².